The van der Waals surface area contributed by atoms with Crippen LogP contribution in [0.3, 0.4) is 0 Å². The molecule has 1 aromatic heterocycles. The Hall–Kier alpha value is -2.95. The van der Waals surface area contributed by atoms with Gasteiger partial charge in [-0.2, -0.15) is 0 Å². The van der Waals surface area contributed by atoms with Crippen molar-refractivity contribution in [2.24, 2.45) is 18.9 Å². The number of hydrogen-bond donors (Lipinski definition) is 1. The molecule has 2 aromatic carbocycles. The maximum absolute atomic E-state index is 12.6. The molecule has 5 nitrogen and oxygen atoms in total. The largest absolute Gasteiger partial charge is 0.349 e. The quantitative estimate of drug-likeness (QED) is 0.772. The molecule has 1 amide bonds. The molecule has 1 fully saturated rings. The molecular weight excluding hydrogens is 324 g/mol. The number of carbonyl (C=O) groups excluding carboxylic acids is 1. The van der Waals surface area contributed by atoms with Crippen molar-refractivity contribution in [2.45, 2.75) is 19.4 Å². The summed E-state index contributed by atoms with van der Waals surface area (Å²) in [4.78, 5) is 12.6. The van der Waals surface area contributed by atoms with E-state index in [4.69, 9.17) is 0 Å². The molecule has 0 aliphatic heterocycles. The number of amides is 1. The van der Waals surface area contributed by atoms with Gasteiger partial charge in [-0.1, -0.05) is 67.6 Å². The summed E-state index contributed by atoms with van der Waals surface area (Å²) in [6.45, 7) is 2.53. The van der Waals surface area contributed by atoms with Crippen LogP contribution in [0.1, 0.15) is 24.2 Å². The second kappa shape index (κ2) is 6.75. The first-order valence-electron chi connectivity index (χ1n) is 8.93. The van der Waals surface area contributed by atoms with Crippen molar-refractivity contribution in [3.63, 3.8) is 0 Å². The zero-order valence-corrected chi connectivity index (χ0v) is 15.0. The molecular formula is C21H22N4O. The summed E-state index contributed by atoms with van der Waals surface area (Å²) < 4.78 is 1.93. The van der Waals surface area contributed by atoms with E-state index in [9.17, 15) is 4.79 Å². The molecule has 0 bridgehead atoms. The van der Waals surface area contributed by atoms with E-state index in [1.165, 1.54) is 5.56 Å². The van der Waals surface area contributed by atoms with E-state index in [-0.39, 0.29) is 11.8 Å². The van der Waals surface area contributed by atoms with Crippen LogP contribution in [0, 0.1) is 11.8 Å². The fourth-order valence-electron chi connectivity index (χ4n) is 3.69. The highest BCUT2D eigenvalue weighted by Gasteiger charge is 2.52. The number of nitrogens with one attached hydrogen (secondary N) is 1. The first-order valence-corrected chi connectivity index (χ1v) is 8.93. The third-order valence-electron chi connectivity index (χ3n) is 5.28. The van der Waals surface area contributed by atoms with E-state index in [1.807, 2.05) is 60.1 Å². The average Bonchev–Trinajstić information content (AvgIpc) is 3.22. The smallest absolute Gasteiger partial charge is 0.224 e. The molecule has 1 aliphatic rings. The normalized spacial score (nSPS) is 21.4. The van der Waals surface area contributed by atoms with Crippen LogP contribution in [0.2, 0.25) is 0 Å². The third-order valence-corrected chi connectivity index (χ3v) is 5.28. The van der Waals surface area contributed by atoms with Crippen molar-refractivity contribution in [3.05, 3.63) is 72.1 Å². The molecule has 5 heteroatoms. The molecule has 0 radical (unpaired) electrons. The van der Waals surface area contributed by atoms with Gasteiger partial charge in [0.1, 0.15) is 0 Å². The van der Waals surface area contributed by atoms with Gasteiger partial charge in [-0.15, -0.1) is 10.2 Å². The summed E-state index contributed by atoms with van der Waals surface area (Å²) in [6, 6.07) is 20.2. The predicted molar refractivity (Wildman–Crippen MR) is 100 cm³/mol. The minimum Gasteiger partial charge on any atom is -0.349 e. The first-order chi connectivity index (χ1) is 12.7. The van der Waals surface area contributed by atoms with Gasteiger partial charge in [0.25, 0.3) is 0 Å². The molecule has 4 rings (SSSR count). The van der Waals surface area contributed by atoms with Crippen molar-refractivity contribution in [3.8, 4) is 11.4 Å². The van der Waals surface area contributed by atoms with E-state index >= 15 is 0 Å². The molecule has 0 saturated heterocycles. The predicted octanol–water partition coefficient (Wildman–Crippen LogP) is 3.15. The summed E-state index contributed by atoms with van der Waals surface area (Å²) in [5.74, 6) is 2.38. The number of benzene rings is 2. The lowest BCUT2D eigenvalue weighted by Gasteiger charge is -2.06. The third kappa shape index (κ3) is 3.01. The number of nitrogens with zero attached hydrogens (tertiary/aromatic N) is 3. The van der Waals surface area contributed by atoms with Gasteiger partial charge in [0.05, 0.1) is 6.54 Å². The Balaban J connectivity index is 1.41. The first kappa shape index (κ1) is 16.5. The SMILES string of the molecule is CC1C(C(=O)NCc2nnc(-c3ccccc3)n2C)C1c1ccccc1. The lowest BCUT2D eigenvalue weighted by molar-refractivity contribution is -0.122. The van der Waals surface area contributed by atoms with Gasteiger partial charge < -0.3 is 9.88 Å². The van der Waals surface area contributed by atoms with E-state index in [0.717, 1.165) is 17.2 Å². The van der Waals surface area contributed by atoms with E-state index < -0.39 is 0 Å². The molecule has 1 heterocycles. The lowest BCUT2D eigenvalue weighted by Crippen LogP contribution is -2.26. The van der Waals surface area contributed by atoms with Gasteiger partial charge in [-0.05, 0) is 17.4 Å². The van der Waals surface area contributed by atoms with Gasteiger partial charge in [0.15, 0.2) is 11.6 Å². The van der Waals surface area contributed by atoms with Crippen LogP contribution >= 0.6 is 0 Å². The molecule has 1 aliphatic carbocycles. The fraction of sp³-hybridized carbons (Fsp3) is 0.286. The van der Waals surface area contributed by atoms with Crippen LogP contribution in [0.4, 0.5) is 0 Å². The fourth-order valence-corrected chi connectivity index (χ4v) is 3.69. The van der Waals surface area contributed by atoms with Crippen LogP contribution < -0.4 is 5.32 Å². The molecule has 3 atom stereocenters. The standard InChI is InChI=1S/C21H22N4O/c1-14-18(15-9-5-3-6-10-15)19(14)21(26)22-13-17-23-24-20(25(17)2)16-11-7-4-8-12-16/h3-12,14,18-19H,13H2,1-2H3,(H,22,26). The van der Waals surface area contributed by atoms with Crippen molar-refractivity contribution < 1.29 is 4.79 Å². The van der Waals surface area contributed by atoms with Gasteiger partial charge in [0, 0.05) is 18.5 Å². The van der Waals surface area contributed by atoms with Crippen molar-refractivity contribution in [1.29, 1.82) is 0 Å². The second-order valence-corrected chi connectivity index (χ2v) is 6.90. The summed E-state index contributed by atoms with van der Waals surface area (Å²) in [5, 5.41) is 11.5. The topological polar surface area (TPSA) is 59.8 Å². The maximum Gasteiger partial charge on any atom is 0.224 e. The van der Waals surface area contributed by atoms with Crippen LogP contribution in [-0.4, -0.2) is 20.7 Å². The Morgan fingerprint density at radius 2 is 1.69 bits per heavy atom. The maximum atomic E-state index is 12.6. The summed E-state index contributed by atoms with van der Waals surface area (Å²) in [6.07, 6.45) is 0. The minimum atomic E-state index is 0.0409. The van der Waals surface area contributed by atoms with Gasteiger partial charge in [-0.25, -0.2) is 0 Å². The Labute approximate surface area is 153 Å². The Bertz CT molecular complexity index is 904. The van der Waals surface area contributed by atoms with Crippen molar-refractivity contribution in [1.82, 2.24) is 20.1 Å². The number of hydrogen-bond acceptors (Lipinski definition) is 3. The Morgan fingerprint density at radius 3 is 2.38 bits per heavy atom. The second-order valence-electron chi connectivity index (χ2n) is 6.90. The van der Waals surface area contributed by atoms with Gasteiger partial charge in [0.2, 0.25) is 5.91 Å². The highest BCUT2D eigenvalue weighted by atomic mass is 16.2. The Morgan fingerprint density at radius 1 is 1.04 bits per heavy atom. The highest BCUT2D eigenvalue weighted by Crippen LogP contribution is 2.53. The molecule has 3 aromatic rings. The zero-order chi connectivity index (χ0) is 18.1. The molecule has 0 spiro atoms. The Kier molecular flexibility index (Phi) is 4.29. The number of aromatic nitrogens is 3. The van der Waals surface area contributed by atoms with E-state index in [0.29, 0.717) is 18.4 Å². The van der Waals surface area contributed by atoms with E-state index in [1.54, 1.807) is 0 Å². The zero-order valence-electron chi connectivity index (χ0n) is 15.0. The van der Waals surface area contributed by atoms with Crippen LogP contribution in [0.25, 0.3) is 11.4 Å². The molecule has 1 saturated carbocycles. The van der Waals surface area contributed by atoms with Crippen LogP contribution in [-0.2, 0) is 18.4 Å². The average molecular weight is 346 g/mol. The minimum absolute atomic E-state index is 0.0409. The molecule has 1 N–H and O–H groups in total. The van der Waals surface area contributed by atoms with Crippen molar-refractivity contribution >= 4 is 5.91 Å². The van der Waals surface area contributed by atoms with Crippen molar-refractivity contribution in [2.75, 3.05) is 0 Å². The monoisotopic (exact) mass is 346 g/mol. The summed E-state index contributed by atoms with van der Waals surface area (Å²) >= 11 is 0. The number of carbonyl (C=O) groups is 1. The summed E-state index contributed by atoms with van der Waals surface area (Å²) in [5.41, 5.74) is 2.25. The highest BCUT2D eigenvalue weighted by molar-refractivity contribution is 5.83. The lowest BCUT2D eigenvalue weighted by atomic mass is 10.1. The van der Waals surface area contributed by atoms with Crippen LogP contribution in [0.5, 0.6) is 0 Å². The van der Waals surface area contributed by atoms with Gasteiger partial charge >= 0.3 is 0 Å². The molecule has 3 unspecified atom stereocenters. The molecule has 26 heavy (non-hydrogen) atoms. The number of rotatable bonds is 5. The van der Waals surface area contributed by atoms with Crippen LogP contribution in [0.15, 0.2) is 60.7 Å². The summed E-state index contributed by atoms with van der Waals surface area (Å²) in [7, 11) is 1.93. The van der Waals surface area contributed by atoms with E-state index in [2.05, 4.69) is 34.6 Å². The van der Waals surface area contributed by atoms with Gasteiger partial charge in [-0.3, -0.25) is 4.79 Å². The molecule has 132 valence electrons.